The fraction of sp³-hybridized carbons (Fsp3) is 0.933. The molecule has 1 saturated carbocycles. The van der Waals surface area contributed by atoms with Crippen molar-refractivity contribution in [2.45, 2.75) is 64.1 Å². The summed E-state index contributed by atoms with van der Waals surface area (Å²) in [6.45, 7) is 5.91. The van der Waals surface area contributed by atoms with E-state index >= 15 is 0 Å². The van der Waals surface area contributed by atoms with Gasteiger partial charge in [0.1, 0.15) is 0 Å². The minimum atomic E-state index is -0.890. The third kappa shape index (κ3) is 1.59. The van der Waals surface area contributed by atoms with Crippen LogP contribution in [0.25, 0.3) is 0 Å². The maximum Gasteiger partial charge on any atom is 0.251 e. The number of carbonyl (C=O) groups excluding carboxylic acids is 1. The van der Waals surface area contributed by atoms with Crippen molar-refractivity contribution >= 4 is 5.91 Å². The molecule has 7 atom stereocenters. The summed E-state index contributed by atoms with van der Waals surface area (Å²) in [7, 11) is 0. The first-order valence-corrected chi connectivity index (χ1v) is 7.96. The van der Waals surface area contributed by atoms with Gasteiger partial charge in [-0.15, -0.1) is 0 Å². The molecule has 0 aromatic rings. The molecule has 5 rings (SSSR count). The Morgan fingerprint density at radius 3 is 2.71 bits per heavy atom. The van der Waals surface area contributed by atoms with E-state index in [-0.39, 0.29) is 23.7 Å². The lowest BCUT2D eigenvalue weighted by Gasteiger charge is -2.60. The van der Waals surface area contributed by atoms with E-state index in [2.05, 4.69) is 6.92 Å². The zero-order chi connectivity index (χ0) is 15.0. The highest BCUT2D eigenvalue weighted by Gasteiger charge is 2.70. The lowest BCUT2D eigenvalue weighted by molar-refractivity contribution is -0.558. The fourth-order valence-corrected chi connectivity index (χ4v) is 5.03. The summed E-state index contributed by atoms with van der Waals surface area (Å²) in [5.74, 6) is -0.720. The van der Waals surface area contributed by atoms with Gasteiger partial charge in [0.2, 0.25) is 5.79 Å². The molecule has 6 heteroatoms. The predicted octanol–water partition coefficient (Wildman–Crippen LogP) is 2.07. The summed E-state index contributed by atoms with van der Waals surface area (Å²) in [6, 6.07) is 0. The van der Waals surface area contributed by atoms with Gasteiger partial charge in [-0.2, -0.15) is 5.06 Å². The first kappa shape index (κ1) is 13.9. The second kappa shape index (κ2) is 4.19. The van der Waals surface area contributed by atoms with E-state index in [1.54, 1.807) is 0 Å². The summed E-state index contributed by atoms with van der Waals surface area (Å²) in [5, 5.41) is 11.1. The molecule has 2 bridgehead atoms. The maximum atomic E-state index is 12.4. The highest BCUT2D eigenvalue weighted by molar-refractivity contribution is 5.79. The molecule has 21 heavy (non-hydrogen) atoms. The quantitative estimate of drug-likeness (QED) is 0.547. The lowest BCUT2D eigenvalue weighted by atomic mass is 9.57. The van der Waals surface area contributed by atoms with Crippen molar-refractivity contribution in [2.24, 2.45) is 23.7 Å². The van der Waals surface area contributed by atoms with Gasteiger partial charge in [0.15, 0.2) is 11.8 Å². The van der Waals surface area contributed by atoms with E-state index in [9.17, 15) is 10.0 Å². The number of rotatable bonds is 0. The predicted molar refractivity (Wildman–Crippen MR) is 70.6 cm³/mol. The van der Waals surface area contributed by atoms with Crippen molar-refractivity contribution in [1.29, 1.82) is 0 Å². The van der Waals surface area contributed by atoms with Crippen molar-refractivity contribution in [3.8, 4) is 0 Å². The number of hydrogen-bond donors (Lipinski definition) is 1. The first-order valence-electron chi connectivity index (χ1n) is 7.96. The Labute approximate surface area is 124 Å². The molecule has 1 aliphatic carbocycles. The van der Waals surface area contributed by atoms with Gasteiger partial charge in [0.25, 0.3) is 5.91 Å². The van der Waals surface area contributed by atoms with Crippen molar-refractivity contribution in [3.63, 3.8) is 0 Å². The van der Waals surface area contributed by atoms with Gasteiger partial charge < -0.3 is 4.74 Å². The van der Waals surface area contributed by atoms with Gasteiger partial charge in [0, 0.05) is 18.3 Å². The smallest absolute Gasteiger partial charge is 0.251 e. The van der Waals surface area contributed by atoms with Crippen LogP contribution in [0.2, 0.25) is 0 Å². The van der Waals surface area contributed by atoms with Gasteiger partial charge in [0.05, 0.1) is 0 Å². The summed E-state index contributed by atoms with van der Waals surface area (Å²) < 4.78 is 6.02. The number of amides is 1. The minimum absolute atomic E-state index is 0.0299. The van der Waals surface area contributed by atoms with E-state index in [1.807, 2.05) is 13.8 Å². The van der Waals surface area contributed by atoms with Crippen LogP contribution in [0.3, 0.4) is 0 Å². The minimum Gasteiger partial charge on any atom is -0.318 e. The summed E-state index contributed by atoms with van der Waals surface area (Å²) in [6.07, 6.45) is 2.86. The molecular formula is C15H23NO5. The number of nitrogens with zero attached hydrogens (tertiary/aromatic N) is 1. The molecule has 5 fully saturated rings. The Kier molecular flexibility index (Phi) is 2.78. The molecule has 0 aromatic heterocycles. The Hall–Kier alpha value is -0.690. The van der Waals surface area contributed by atoms with Crippen molar-refractivity contribution in [1.82, 2.24) is 5.06 Å². The van der Waals surface area contributed by atoms with Crippen LogP contribution in [0.15, 0.2) is 0 Å². The standard InChI is InChI=1S/C15H23NO5/c1-8-4-5-11-9(2)12(17)16(18)13-15(11)10(8)6-7-14(3,19-13)20-21-15/h8-11,13,18H,4-7H2,1-3H3/t8-,9-,10+,11+,13+,14+,15-/m1/s1. The molecule has 4 aliphatic heterocycles. The van der Waals surface area contributed by atoms with E-state index in [0.29, 0.717) is 12.3 Å². The molecule has 0 aromatic carbocycles. The maximum absolute atomic E-state index is 12.4. The molecule has 5 aliphatic rings. The van der Waals surface area contributed by atoms with E-state index in [1.165, 1.54) is 0 Å². The third-order valence-corrected chi connectivity index (χ3v) is 6.24. The number of piperidine rings is 1. The van der Waals surface area contributed by atoms with Crippen LogP contribution in [0, 0.1) is 23.7 Å². The second-order valence-corrected chi connectivity index (χ2v) is 7.40. The largest absolute Gasteiger partial charge is 0.318 e. The third-order valence-electron chi connectivity index (χ3n) is 6.24. The molecule has 1 spiro atoms. The lowest BCUT2D eigenvalue weighted by Crippen LogP contribution is -2.74. The van der Waals surface area contributed by atoms with Crippen LogP contribution in [-0.2, 0) is 19.3 Å². The van der Waals surface area contributed by atoms with E-state index in [4.69, 9.17) is 14.5 Å². The van der Waals surface area contributed by atoms with Gasteiger partial charge in [-0.25, -0.2) is 9.78 Å². The fourth-order valence-electron chi connectivity index (χ4n) is 5.03. The van der Waals surface area contributed by atoms with Crippen LogP contribution in [0.5, 0.6) is 0 Å². The summed E-state index contributed by atoms with van der Waals surface area (Å²) in [5.41, 5.74) is -0.740. The Morgan fingerprint density at radius 2 is 1.95 bits per heavy atom. The zero-order valence-electron chi connectivity index (χ0n) is 12.7. The van der Waals surface area contributed by atoms with Gasteiger partial charge in [-0.3, -0.25) is 10.0 Å². The molecule has 1 amide bonds. The molecule has 4 heterocycles. The molecule has 0 radical (unpaired) electrons. The average Bonchev–Trinajstić information content (AvgIpc) is 2.69. The van der Waals surface area contributed by atoms with E-state index < -0.39 is 17.6 Å². The van der Waals surface area contributed by atoms with E-state index in [0.717, 1.165) is 24.3 Å². The second-order valence-electron chi connectivity index (χ2n) is 7.40. The summed E-state index contributed by atoms with van der Waals surface area (Å²) >= 11 is 0. The monoisotopic (exact) mass is 297 g/mol. The Bertz CT molecular complexity index is 485. The normalized spacial score (nSPS) is 56.1. The number of carbonyl (C=O) groups is 1. The van der Waals surface area contributed by atoms with Gasteiger partial charge >= 0.3 is 0 Å². The highest BCUT2D eigenvalue weighted by atomic mass is 17.3. The molecule has 118 valence electrons. The van der Waals surface area contributed by atoms with Crippen LogP contribution in [0.1, 0.15) is 46.5 Å². The molecule has 6 nitrogen and oxygen atoms in total. The molecule has 0 unspecified atom stereocenters. The molecule has 4 saturated heterocycles. The Morgan fingerprint density at radius 1 is 1.19 bits per heavy atom. The van der Waals surface area contributed by atoms with Gasteiger partial charge in [-0.05, 0) is 38.0 Å². The highest BCUT2D eigenvalue weighted by Crippen LogP contribution is 2.59. The number of hydroxylamine groups is 2. The van der Waals surface area contributed by atoms with Crippen LogP contribution >= 0.6 is 0 Å². The van der Waals surface area contributed by atoms with Crippen molar-refractivity contribution in [3.05, 3.63) is 0 Å². The first-order chi connectivity index (χ1) is 9.89. The number of hydrogen-bond acceptors (Lipinski definition) is 5. The number of ether oxygens (including phenoxy) is 1. The van der Waals surface area contributed by atoms with Crippen molar-refractivity contribution in [2.75, 3.05) is 0 Å². The SMILES string of the molecule is C[C@@H]1CC[C@H]2[C@@H](C)C(=O)N(O)[C@H]3O[C@]4(C)CC[C@@H]1[C@]32OO4. The summed E-state index contributed by atoms with van der Waals surface area (Å²) in [4.78, 5) is 23.9. The number of fused-ring (bicyclic) bond motifs is 2. The zero-order valence-corrected chi connectivity index (χ0v) is 12.7. The van der Waals surface area contributed by atoms with Crippen LogP contribution < -0.4 is 0 Å². The average molecular weight is 297 g/mol. The molecular weight excluding hydrogens is 274 g/mol. The Balaban J connectivity index is 1.87. The van der Waals surface area contributed by atoms with Crippen LogP contribution in [0.4, 0.5) is 0 Å². The van der Waals surface area contributed by atoms with Gasteiger partial charge in [-0.1, -0.05) is 13.8 Å². The van der Waals surface area contributed by atoms with Crippen LogP contribution in [-0.4, -0.2) is 33.8 Å². The molecule has 1 N–H and O–H groups in total. The topological polar surface area (TPSA) is 68.2 Å². The van der Waals surface area contributed by atoms with Crippen molar-refractivity contribution < 1.29 is 24.5 Å².